The third kappa shape index (κ3) is 2.78. The lowest BCUT2D eigenvalue weighted by Gasteiger charge is -2.15. The third-order valence-electron chi connectivity index (χ3n) is 3.57. The summed E-state index contributed by atoms with van der Waals surface area (Å²) < 4.78 is 13.3. The molecule has 0 bridgehead atoms. The molecule has 0 unspecified atom stereocenters. The molecule has 0 heterocycles. The number of carboxylic acid groups (broad SMARTS) is 1. The summed E-state index contributed by atoms with van der Waals surface area (Å²) in [5.41, 5.74) is 2.23. The van der Waals surface area contributed by atoms with Crippen LogP contribution in [0.5, 0.6) is 0 Å². The zero-order chi connectivity index (χ0) is 13.1. The molecule has 1 fully saturated rings. The van der Waals surface area contributed by atoms with Crippen molar-refractivity contribution in [2.24, 2.45) is 5.92 Å². The van der Waals surface area contributed by atoms with Crippen LogP contribution in [-0.2, 0) is 4.79 Å². The van der Waals surface area contributed by atoms with Gasteiger partial charge in [0, 0.05) is 6.08 Å². The van der Waals surface area contributed by atoms with E-state index in [1.807, 2.05) is 0 Å². The Morgan fingerprint density at radius 2 is 2.06 bits per heavy atom. The Labute approximate surface area is 106 Å². The van der Waals surface area contributed by atoms with Gasteiger partial charge in [-0.05, 0) is 54.5 Å². The van der Waals surface area contributed by atoms with Gasteiger partial charge in [-0.2, -0.15) is 0 Å². The van der Waals surface area contributed by atoms with Gasteiger partial charge in [0.1, 0.15) is 5.82 Å². The number of benzene rings is 1. The van der Waals surface area contributed by atoms with Crippen LogP contribution in [0.4, 0.5) is 4.39 Å². The number of aliphatic carboxylic acids is 1. The Morgan fingerprint density at radius 3 is 2.61 bits per heavy atom. The van der Waals surface area contributed by atoms with Gasteiger partial charge < -0.3 is 5.11 Å². The Hall–Kier alpha value is -1.64. The molecule has 3 heteroatoms. The summed E-state index contributed by atoms with van der Waals surface area (Å²) >= 11 is 0. The average Bonchev–Trinajstić information content (AvgIpc) is 2.83. The first-order valence-electron chi connectivity index (χ1n) is 6.29. The fourth-order valence-corrected chi connectivity index (χ4v) is 2.63. The minimum Gasteiger partial charge on any atom is -0.478 e. The van der Waals surface area contributed by atoms with Crippen LogP contribution in [-0.4, -0.2) is 11.1 Å². The molecule has 0 radical (unpaired) electrons. The number of carbonyl (C=O) groups is 1. The molecular weight excluding hydrogens is 231 g/mol. The molecule has 96 valence electrons. The predicted molar refractivity (Wildman–Crippen MR) is 68.7 cm³/mol. The van der Waals surface area contributed by atoms with Crippen molar-refractivity contribution >= 4 is 11.5 Å². The Morgan fingerprint density at radius 1 is 1.39 bits per heavy atom. The van der Waals surface area contributed by atoms with Crippen LogP contribution in [0.2, 0.25) is 0 Å². The first-order valence-corrected chi connectivity index (χ1v) is 6.29. The third-order valence-corrected chi connectivity index (χ3v) is 3.57. The number of hydrogen-bond donors (Lipinski definition) is 1. The smallest absolute Gasteiger partial charge is 0.328 e. The lowest BCUT2D eigenvalue weighted by Crippen LogP contribution is -2.02. The van der Waals surface area contributed by atoms with E-state index in [0.29, 0.717) is 11.5 Å². The van der Waals surface area contributed by atoms with Crippen LogP contribution < -0.4 is 0 Å². The van der Waals surface area contributed by atoms with Gasteiger partial charge in [-0.25, -0.2) is 9.18 Å². The number of carboxylic acids is 1. The zero-order valence-electron chi connectivity index (χ0n) is 10.4. The van der Waals surface area contributed by atoms with Crippen molar-refractivity contribution < 1.29 is 14.3 Å². The second-order valence-electron chi connectivity index (χ2n) is 4.88. The minimum atomic E-state index is -0.932. The predicted octanol–water partition coefficient (Wildman–Crippen LogP) is 3.79. The van der Waals surface area contributed by atoms with Crippen molar-refractivity contribution in [3.63, 3.8) is 0 Å². The zero-order valence-corrected chi connectivity index (χ0v) is 10.4. The standard InChI is InChI=1S/C15H17FO2/c1-10-8-12(6-7-14(10)16)13(9-15(17)18)11-4-2-3-5-11/h6-9,11H,2-5H2,1H3,(H,17,18)/b13-9+. The quantitative estimate of drug-likeness (QED) is 0.826. The molecule has 2 nitrogen and oxygen atoms in total. The molecule has 1 aromatic carbocycles. The summed E-state index contributed by atoms with van der Waals surface area (Å²) in [5.74, 6) is -0.885. The second kappa shape index (κ2) is 5.34. The fourth-order valence-electron chi connectivity index (χ4n) is 2.63. The molecule has 1 N–H and O–H groups in total. The molecule has 0 spiro atoms. The first-order chi connectivity index (χ1) is 8.58. The lowest BCUT2D eigenvalue weighted by molar-refractivity contribution is -0.131. The highest BCUT2D eigenvalue weighted by Gasteiger charge is 2.21. The number of rotatable bonds is 3. The highest BCUT2D eigenvalue weighted by atomic mass is 19.1. The molecule has 1 aliphatic rings. The summed E-state index contributed by atoms with van der Waals surface area (Å²) in [6.07, 6.45) is 5.61. The fraction of sp³-hybridized carbons (Fsp3) is 0.400. The number of aryl methyl sites for hydroxylation is 1. The van der Waals surface area contributed by atoms with Crippen molar-refractivity contribution in [3.05, 3.63) is 41.2 Å². The van der Waals surface area contributed by atoms with Crippen LogP contribution in [0.1, 0.15) is 36.8 Å². The van der Waals surface area contributed by atoms with E-state index in [2.05, 4.69) is 0 Å². The molecule has 0 saturated heterocycles. The largest absolute Gasteiger partial charge is 0.478 e. The minimum absolute atomic E-state index is 0.250. The van der Waals surface area contributed by atoms with E-state index >= 15 is 0 Å². The van der Waals surface area contributed by atoms with Crippen molar-refractivity contribution in [1.29, 1.82) is 0 Å². The second-order valence-corrected chi connectivity index (χ2v) is 4.88. The Kier molecular flexibility index (Phi) is 3.80. The van der Waals surface area contributed by atoms with E-state index in [4.69, 9.17) is 5.11 Å². The van der Waals surface area contributed by atoms with Crippen molar-refractivity contribution in [2.75, 3.05) is 0 Å². The summed E-state index contributed by atoms with van der Waals surface area (Å²) in [7, 11) is 0. The monoisotopic (exact) mass is 248 g/mol. The summed E-state index contributed by atoms with van der Waals surface area (Å²) in [6, 6.07) is 4.83. The summed E-state index contributed by atoms with van der Waals surface area (Å²) in [6.45, 7) is 1.70. The van der Waals surface area contributed by atoms with Gasteiger partial charge in [0.05, 0.1) is 0 Å². The molecule has 1 aromatic rings. The summed E-state index contributed by atoms with van der Waals surface area (Å²) in [5, 5.41) is 8.98. The lowest BCUT2D eigenvalue weighted by atomic mass is 9.90. The molecule has 0 amide bonds. The van der Waals surface area contributed by atoms with Gasteiger partial charge >= 0.3 is 5.97 Å². The van der Waals surface area contributed by atoms with Gasteiger partial charge in [-0.15, -0.1) is 0 Å². The number of halogens is 1. The Balaban J connectivity index is 2.39. The van der Waals surface area contributed by atoms with Crippen LogP contribution in [0, 0.1) is 18.7 Å². The molecule has 0 atom stereocenters. The van der Waals surface area contributed by atoms with Gasteiger partial charge in [-0.3, -0.25) is 0 Å². The maximum atomic E-state index is 13.3. The van der Waals surface area contributed by atoms with E-state index in [1.54, 1.807) is 19.1 Å². The van der Waals surface area contributed by atoms with E-state index in [0.717, 1.165) is 36.8 Å². The van der Waals surface area contributed by atoms with Crippen LogP contribution in [0.25, 0.3) is 5.57 Å². The van der Waals surface area contributed by atoms with Crippen LogP contribution in [0.15, 0.2) is 24.3 Å². The molecule has 18 heavy (non-hydrogen) atoms. The van der Waals surface area contributed by atoms with Crippen LogP contribution >= 0.6 is 0 Å². The average molecular weight is 248 g/mol. The molecular formula is C15H17FO2. The van der Waals surface area contributed by atoms with E-state index < -0.39 is 5.97 Å². The van der Waals surface area contributed by atoms with Crippen molar-refractivity contribution in [3.8, 4) is 0 Å². The Bertz CT molecular complexity index is 485. The number of hydrogen-bond acceptors (Lipinski definition) is 1. The highest BCUT2D eigenvalue weighted by Crippen LogP contribution is 2.36. The topological polar surface area (TPSA) is 37.3 Å². The van der Waals surface area contributed by atoms with Gasteiger partial charge in [-0.1, -0.05) is 18.9 Å². The maximum Gasteiger partial charge on any atom is 0.328 e. The molecule has 1 aliphatic carbocycles. The number of allylic oxidation sites excluding steroid dienone is 1. The molecule has 1 saturated carbocycles. The van der Waals surface area contributed by atoms with E-state index in [-0.39, 0.29) is 5.82 Å². The molecule has 0 aromatic heterocycles. The normalized spacial score (nSPS) is 17.1. The van der Waals surface area contributed by atoms with Crippen molar-refractivity contribution in [2.45, 2.75) is 32.6 Å². The van der Waals surface area contributed by atoms with Gasteiger partial charge in [0.25, 0.3) is 0 Å². The molecule has 0 aliphatic heterocycles. The van der Waals surface area contributed by atoms with Gasteiger partial charge in [0.2, 0.25) is 0 Å². The van der Waals surface area contributed by atoms with E-state index in [9.17, 15) is 9.18 Å². The highest BCUT2D eigenvalue weighted by molar-refractivity contribution is 5.90. The van der Waals surface area contributed by atoms with Crippen LogP contribution in [0.3, 0.4) is 0 Å². The van der Waals surface area contributed by atoms with Crippen molar-refractivity contribution in [1.82, 2.24) is 0 Å². The van der Waals surface area contributed by atoms with Gasteiger partial charge in [0.15, 0.2) is 0 Å². The summed E-state index contributed by atoms with van der Waals surface area (Å²) in [4.78, 5) is 10.9. The maximum absolute atomic E-state index is 13.3. The van der Waals surface area contributed by atoms with E-state index in [1.165, 1.54) is 12.1 Å². The molecule has 2 rings (SSSR count). The first kappa shape index (κ1) is 12.8. The SMILES string of the molecule is Cc1cc(/C(=C/C(=O)O)C2CCCC2)ccc1F.